The molecule has 1 aromatic heterocycles. The Bertz CT molecular complexity index is 362. The van der Waals surface area contributed by atoms with Gasteiger partial charge in [0.1, 0.15) is 0 Å². The van der Waals surface area contributed by atoms with Crippen molar-refractivity contribution in [2.75, 3.05) is 13.2 Å². The monoisotopic (exact) mass is 240 g/mol. The maximum absolute atomic E-state index is 10.9. The van der Waals surface area contributed by atoms with Gasteiger partial charge in [0.15, 0.2) is 0 Å². The lowest BCUT2D eigenvalue weighted by atomic mass is 10.1. The van der Waals surface area contributed by atoms with E-state index in [1.165, 1.54) is 0 Å². The number of carbonyl (C=O) groups excluding carboxylic acids is 1. The minimum atomic E-state index is -0.376. The molecule has 0 unspecified atom stereocenters. The number of nitrogens with two attached hydrogens (primary N) is 1. The van der Waals surface area contributed by atoms with Gasteiger partial charge in [-0.3, -0.25) is 4.79 Å². The van der Waals surface area contributed by atoms with Crippen LogP contribution in [0.5, 0.6) is 0 Å². The van der Waals surface area contributed by atoms with Crippen LogP contribution >= 0.6 is 0 Å². The summed E-state index contributed by atoms with van der Waals surface area (Å²) in [6.45, 7) is 5.98. The second-order valence-electron chi connectivity index (χ2n) is 3.80. The largest absolute Gasteiger partial charge is 0.380 e. The van der Waals surface area contributed by atoms with Crippen molar-refractivity contribution < 1.29 is 9.53 Å². The first kappa shape index (κ1) is 13.6. The number of ether oxygens (including phenoxy) is 1. The van der Waals surface area contributed by atoms with Crippen molar-refractivity contribution in [3.8, 4) is 0 Å². The van der Waals surface area contributed by atoms with Gasteiger partial charge in [-0.05, 0) is 13.3 Å². The maximum Gasteiger partial charge on any atom is 0.223 e. The number of aromatic nitrogens is 3. The number of primary amides is 1. The molecule has 0 saturated heterocycles. The van der Waals surface area contributed by atoms with Crippen LogP contribution in [0.25, 0.3) is 0 Å². The molecule has 17 heavy (non-hydrogen) atoms. The first-order chi connectivity index (χ1) is 8.19. The fourth-order valence-corrected chi connectivity index (χ4v) is 1.66. The summed E-state index contributed by atoms with van der Waals surface area (Å²) in [4.78, 5) is 10.9. The molecule has 1 heterocycles. The van der Waals surface area contributed by atoms with Gasteiger partial charge >= 0.3 is 0 Å². The van der Waals surface area contributed by atoms with E-state index in [0.29, 0.717) is 25.5 Å². The Balaban J connectivity index is 2.74. The van der Waals surface area contributed by atoms with E-state index in [0.717, 1.165) is 18.5 Å². The number of nitrogens with zero attached hydrogens (tertiary/aromatic N) is 3. The van der Waals surface area contributed by atoms with Crippen LogP contribution < -0.4 is 5.73 Å². The molecule has 6 heteroatoms. The molecule has 6 nitrogen and oxygen atoms in total. The molecule has 1 amide bonds. The minimum absolute atomic E-state index is 0.157. The molecular weight excluding hydrogens is 220 g/mol. The lowest BCUT2D eigenvalue weighted by Gasteiger charge is -2.06. The highest BCUT2D eigenvalue weighted by Gasteiger charge is 2.13. The van der Waals surface area contributed by atoms with Gasteiger partial charge in [0, 0.05) is 6.61 Å². The molecular formula is C11H20N4O2. The third kappa shape index (κ3) is 4.14. The zero-order valence-corrected chi connectivity index (χ0v) is 10.5. The molecule has 1 aromatic rings. The minimum Gasteiger partial charge on any atom is -0.380 e. The summed E-state index contributed by atoms with van der Waals surface area (Å²) >= 11 is 0. The molecule has 0 bridgehead atoms. The second-order valence-corrected chi connectivity index (χ2v) is 3.80. The average molecular weight is 240 g/mol. The van der Waals surface area contributed by atoms with Gasteiger partial charge in [-0.2, -0.15) is 0 Å². The summed E-state index contributed by atoms with van der Waals surface area (Å²) in [6.07, 6.45) is 1.99. The van der Waals surface area contributed by atoms with Crippen LogP contribution in [-0.4, -0.2) is 34.1 Å². The van der Waals surface area contributed by atoms with Gasteiger partial charge in [0.05, 0.1) is 31.0 Å². The molecule has 0 fully saturated rings. The van der Waals surface area contributed by atoms with Gasteiger partial charge in [-0.1, -0.05) is 18.6 Å². The second kappa shape index (κ2) is 7.01. The molecule has 1 rings (SSSR count). The summed E-state index contributed by atoms with van der Waals surface area (Å²) in [6, 6.07) is 0. The van der Waals surface area contributed by atoms with Crippen molar-refractivity contribution in [3.05, 3.63) is 11.4 Å². The average Bonchev–Trinajstić information content (AvgIpc) is 2.62. The van der Waals surface area contributed by atoms with Crippen LogP contribution in [0.4, 0.5) is 0 Å². The van der Waals surface area contributed by atoms with Crippen LogP contribution in [-0.2, 0) is 28.9 Å². The third-order valence-electron chi connectivity index (χ3n) is 2.40. The first-order valence-electron chi connectivity index (χ1n) is 5.96. The molecule has 0 aliphatic rings. The van der Waals surface area contributed by atoms with Crippen molar-refractivity contribution in [3.63, 3.8) is 0 Å². The van der Waals surface area contributed by atoms with Gasteiger partial charge in [-0.15, -0.1) is 5.10 Å². The van der Waals surface area contributed by atoms with E-state index in [9.17, 15) is 4.79 Å². The number of hydrogen-bond donors (Lipinski definition) is 1. The predicted molar refractivity (Wildman–Crippen MR) is 63.4 cm³/mol. The summed E-state index contributed by atoms with van der Waals surface area (Å²) in [5.74, 6) is -0.376. The van der Waals surface area contributed by atoms with Gasteiger partial charge < -0.3 is 10.5 Å². The number of carbonyl (C=O) groups is 1. The summed E-state index contributed by atoms with van der Waals surface area (Å²) in [5, 5.41) is 8.05. The highest BCUT2D eigenvalue weighted by Crippen LogP contribution is 2.09. The Labute approximate surface area is 101 Å². The molecule has 0 spiro atoms. The van der Waals surface area contributed by atoms with Crippen molar-refractivity contribution in [2.45, 2.75) is 39.7 Å². The van der Waals surface area contributed by atoms with E-state index >= 15 is 0 Å². The van der Waals surface area contributed by atoms with E-state index in [1.54, 1.807) is 4.68 Å². The highest BCUT2D eigenvalue weighted by molar-refractivity contribution is 5.76. The van der Waals surface area contributed by atoms with Gasteiger partial charge in [0.25, 0.3) is 0 Å². The van der Waals surface area contributed by atoms with Crippen LogP contribution in [0.3, 0.4) is 0 Å². The molecule has 96 valence electrons. The molecule has 0 atom stereocenters. The van der Waals surface area contributed by atoms with Crippen molar-refractivity contribution in [1.29, 1.82) is 0 Å². The Hall–Kier alpha value is -1.43. The number of rotatable bonds is 8. The highest BCUT2D eigenvalue weighted by atomic mass is 16.5. The lowest BCUT2D eigenvalue weighted by molar-refractivity contribution is -0.117. The smallest absolute Gasteiger partial charge is 0.223 e. The molecule has 2 N–H and O–H groups in total. The maximum atomic E-state index is 10.9. The van der Waals surface area contributed by atoms with E-state index in [-0.39, 0.29) is 12.3 Å². The van der Waals surface area contributed by atoms with Crippen LogP contribution in [0.1, 0.15) is 31.7 Å². The van der Waals surface area contributed by atoms with Crippen LogP contribution in [0.2, 0.25) is 0 Å². The fourth-order valence-electron chi connectivity index (χ4n) is 1.66. The van der Waals surface area contributed by atoms with E-state index in [4.69, 9.17) is 10.5 Å². The van der Waals surface area contributed by atoms with Crippen molar-refractivity contribution in [2.24, 2.45) is 5.73 Å². The Morgan fingerprint density at radius 1 is 1.47 bits per heavy atom. The predicted octanol–water partition coefficient (Wildman–Crippen LogP) is 0.295. The third-order valence-corrected chi connectivity index (χ3v) is 2.40. The topological polar surface area (TPSA) is 83.0 Å². The van der Waals surface area contributed by atoms with E-state index < -0.39 is 0 Å². The zero-order chi connectivity index (χ0) is 12.7. The SMILES string of the molecule is CCCc1c(CC(N)=O)nnn1CCOCC. The number of hydrogen-bond acceptors (Lipinski definition) is 4. The van der Waals surface area contributed by atoms with E-state index in [1.807, 2.05) is 6.92 Å². The molecule has 0 saturated carbocycles. The molecule has 0 aliphatic carbocycles. The standard InChI is InChI=1S/C11H20N4O2/c1-3-5-10-9(8-11(12)16)13-14-15(10)6-7-17-4-2/h3-8H2,1-2H3,(H2,12,16). The zero-order valence-electron chi connectivity index (χ0n) is 10.5. The van der Waals surface area contributed by atoms with Gasteiger partial charge in [0.2, 0.25) is 5.91 Å². The Morgan fingerprint density at radius 3 is 2.82 bits per heavy atom. The quantitative estimate of drug-likeness (QED) is 0.662. The summed E-state index contributed by atoms with van der Waals surface area (Å²) < 4.78 is 7.08. The van der Waals surface area contributed by atoms with Crippen LogP contribution in [0.15, 0.2) is 0 Å². The Kier molecular flexibility index (Phi) is 5.62. The Morgan fingerprint density at radius 2 is 2.24 bits per heavy atom. The first-order valence-corrected chi connectivity index (χ1v) is 5.96. The summed E-state index contributed by atoms with van der Waals surface area (Å²) in [5.41, 5.74) is 6.86. The van der Waals surface area contributed by atoms with Gasteiger partial charge in [-0.25, -0.2) is 4.68 Å². The fraction of sp³-hybridized carbons (Fsp3) is 0.727. The van der Waals surface area contributed by atoms with Crippen molar-refractivity contribution in [1.82, 2.24) is 15.0 Å². The molecule has 0 radical (unpaired) electrons. The normalized spacial score (nSPS) is 10.7. The molecule has 0 aliphatic heterocycles. The van der Waals surface area contributed by atoms with E-state index in [2.05, 4.69) is 17.2 Å². The van der Waals surface area contributed by atoms with Crippen molar-refractivity contribution >= 4 is 5.91 Å². The van der Waals surface area contributed by atoms with Crippen LogP contribution in [0, 0.1) is 0 Å². The number of amides is 1. The molecule has 0 aromatic carbocycles. The lowest BCUT2D eigenvalue weighted by Crippen LogP contribution is -2.16. The summed E-state index contributed by atoms with van der Waals surface area (Å²) in [7, 11) is 0.